The first-order valence-corrected chi connectivity index (χ1v) is 6.53. The van der Waals surface area contributed by atoms with Crippen molar-refractivity contribution in [2.75, 3.05) is 6.61 Å². The van der Waals surface area contributed by atoms with Gasteiger partial charge in [-0.25, -0.2) is 0 Å². The molecule has 18 heavy (non-hydrogen) atoms. The van der Waals surface area contributed by atoms with E-state index in [1.807, 2.05) is 30.3 Å². The number of fused-ring (bicyclic) bond motifs is 1. The van der Waals surface area contributed by atoms with E-state index in [-0.39, 0.29) is 0 Å². The fourth-order valence-corrected chi connectivity index (χ4v) is 1.74. The van der Waals surface area contributed by atoms with Gasteiger partial charge in [0, 0.05) is 10.4 Å². The molecule has 0 bridgehead atoms. The highest BCUT2D eigenvalue weighted by molar-refractivity contribution is 6.35. The Morgan fingerprint density at radius 1 is 1.17 bits per heavy atom. The Balaban J connectivity index is 0.000000203. The molecule has 2 aromatic carbocycles. The average Bonchev–Trinajstić information content (AvgIpc) is 2.41. The highest BCUT2D eigenvalue weighted by Crippen LogP contribution is 2.21. The predicted molar refractivity (Wildman–Crippen MR) is 80.0 cm³/mol. The lowest BCUT2D eigenvalue weighted by atomic mass is 10.1. The van der Waals surface area contributed by atoms with Gasteiger partial charge in [-0.15, -0.1) is 0 Å². The average molecular weight is 263 g/mol. The molecule has 0 saturated heterocycles. The van der Waals surface area contributed by atoms with Crippen molar-refractivity contribution >= 4 is 22.4 Å². The van der Waals surface area contributed by atoms with Crippen LogP contribution in [0, 0.1) is 0 Å². The van der Waals surface area contributed by atoms with E-state index in [0.29, 0.717) is 0 Å². The lowest BCUT2D eigenvalue weighted by Gasteiger charge is -1.97. The highest BCUT2D eigenvalue weighted by atomic mass is 35.5. The summed E-state index contributed by atoms with van der Waals surface area (Å²) in [5, 5.41) is 3.14. The van der Waals surface area contributed by atoms with Crippen molar-refractivity contribution in [3.05, 3.63) is 60.3 Å². The van der Waals surface area contributed by atoms with Gasteiger partial charge in [-0.2, -0.15) is 0 Å². The summed E-state index contributed by atoms with van der Waals surface area (Å²) >= 11 is 5.96. The second kappa shape index (κ2) is 8.60. The molecule has 0 N–H and O–H groups in total. The number of benzene rings is 2. The zero-order valence-corrected chi connectivity index (χ0v) is 11.5. The molecule has 2 aromatic rings. The number of rotatable bonds is 4. The van der Waals surface area contributed by atoms with Crippen LogP contribution in [0.15, 0.2) is 55.3 Å². The van der Waals surface area contributed by atoms with E-state index in [4.69, 9.17) is 16.3 Å². The number of halogens is 1. The van der Waals surface area contributed by atoms with Crippen molar-refractivity contribution in [1.82, 2.24) is 0 Å². The molecule has 0 amide bonds. The topological polar surface area (TPSA) is 9.23 Å². The summed E-state index contributed by atoms with van der Waals surface area (Å²) in [5.74, 6) is 0. The van der Waals surface area contributed by atoms with Gasteiger partial charge >= 0.3 is 0 Å². The second-order valence-corrected chi connectivity index (χ2v) is 4.26. The van der Waals surface area contributed by atoms with Gasteiger partial charge in [-0.05, 0) is 17.9 Å². The van der Waals surface area contributed by atoms with Gasteiger partial charge in [0.05, 0.1) is 12.9 Å². The molecule has 0 unspecified atom stereocenters. The minimum atomic E-state index is 0.819. The lowest BCUT2D eigenvalue weighted by molar-refractivity contribution is 0.245. The summed E-state index contributed by atoms with van der Waals surface area (Å²) < 4.78 is 4.84. The minimum absolute atomic E-state index is 0.819. The van der Waals surface area contributed by atoms with Gasteiger partial charge in [0.2, 0.25) is 0 Å². The summed E-state index contributed by atoms with van der Waals surface area (Å²) in [7, 11) is 0. The van der Waals surface area contributed by atoms with E-state index >= 15 is 0 Å². The largest absolute Gasteiger partial charge is 0.502 e. The van der Waals surface area contributed by atoms with Crippen LogP contribution in [-0.2, 0) is 4.74 Å². The maximum atomic E-state index is 5.96. The quantitative estimate of drug-likeness (QED) is 0.527. The Labute approximate surface area is 114 Å². The molecule has 0 heterocycles. The van der Waals surface area contributed by atoms with E-state index in [9.17, 15) is 0 Å². The molecule has 1 nitrogen and oxygen atoms in total. The van der Waals surface area contributed by atoms with Crippen molar-refractivity contribution in [1.29, 1.82) is 0 Å². The molecule has 0 spiro atoms. The van der Waals surface area contributed by atoms with Crippen molar-refractivity contribution in [2.45, 2.75) is 19.8 Å². The third-order valence-electron chi connectivity index (χ3n) is 2.47. The molecule has 2 rings (SSSR count). The van der Waals surface area contributed by atoms with Crippen LogP contribution in [0.25, 0.3) is 10.8 Å². The van der Waals surface area contributed by atoms with Gasteiger partial charge in [0.25, 0.3) is 0 Å². The zero-order valence-electron chi connectivity index (χ0n) is 10.7. The summed E-state index contributed by atoms with van der Waals surface area (Å²) in [6.45, 7) is 6.36. The molecule has 96 valence electrons. The molecule has 0 atom stereocenters. The Hall–Kier alpha value is -1.47. The van der Waals surface area contributed by atoms with Crippen LogP contribution >= 0.6 is 11.6 Å². The van der Waals surface area contributed by atoms with Gasteiger partial charge < -0.3 is 4.74 Å². The SMILES string of the molecule is C=COCCCC.Clc1cccc2ccccc12. The first kappa shape index (κ1) is 14.6. The number of ether oxygens (including phenoxy) is 1. The van der Waals surface area contributed by atoms with Crippen molar-refractivity contribution in [3.8, 4) is 0 Å². The molecule has 2 heteroatoms. The molecule has 0 aliphatic carbocycles. The fraction of sp³-hybridized carbons (Fsp3) is 0.250. The van der Waals surface area contributed by atoms with Gasteiger partial charge in [-0.3, -0.25) is 0 Å². The second-order valence-electron chi connectivity index (χ2n) is 3.85. The van der Waals surface area contributed by atoms with Gasteiger partial charge in [0.15, 0.2) is 0 Å². The molecule has 0 fully saturated rings. The zero-order chi connectivity index (χ0) is 13.2. The lowest BCUT2D eigenvalue weighted by Crippen LogP contribution is -1.83. The van der Waals surface area contributed by atoms with Crippen molar-refractivity contribution < 1.29 is 4.74 Å². The highest BCUT2D eigenvalue weighted by Gasteiger charge is 1.93. The van der Waals surface area contributed by atoms with Crippen LogP contribution in [0.3, 0.4) is 0 Å². The first-order valence-electron chi connectivity index (χ1n) is 6.15. The molecule has 0 aliphatic heterocycles. The van der Waals surface area contributed by atoms with E-state index < -0.39 is 0 Å². The Bertz CT molecular complexity index is 474. The standard InChI is InChI=1S/C10H7Cl.C6H12O/c11-10-7-3-5-8-4-1-2-6-9(8)10;1-3-5-6-7-4-2/h1-7H;4H,2-3,5-6H2,1H3. The van der Waals surface area contributed by atoms with Gasteiger partial charge in [-0.1, -0.05) is 67.9 Å². The summed E-state index contributed by atoms with van der Waals surface area (Å²) in [6.07, 6.45) is 3.80. The number of unbranched alkanes of at least 4 members (excludes halogenated alkanes) is 1. The molecule has 0 radical (unpaired) electrons. The number of hydrogen-bond acceptors (Lipinski definition) is 1. The smallest absolute Gasteiger partial charge is 0.0872 e. The van der Waals surface area contributed by atoms with Crippen LogP contribution < -0.4 is 0 Å². The maximum absolute atomic E-state index is 5.96. The van der Waals surface area contributed by atoms with Crippen LogP contribution in [0.1, 0.15) is 19.8 Å². The summed E-state index contributed by atoms with van der Waals surface area (Å²) in [5.41, 5.74) is 0. The minimum Gasteiger partial charge on any atom is -0.502 e. The summed E-state index contributed by atoms with van der Waals surface area (Å²) in [4.78, 5) is 0. The van der Waals surface area contributed by atoms with Gasteiger partial charge in [0.1, 0.15) is 0 Å². The molecule has 0 aromatic heterocycles. The normalized spacial score (nSPS) is 9.44. The van der Waals surface area contributed by atoms with Crippen LogP contribution in [0.2, 0.25) is 5.02 Å². The Morgan fingerprint density at radius 2 is 1.89 bits per heavy atom. The van der Waals surface area contributed by atoms with Crippen molar-refractivity contribution in [3.63, 3.8) is 0 Å². The molecule has 0 saturated carbocycles. The number of hydrogen-bond donors (Lipinski definition) is 0. The van der Waals surface area contributed by atoms with Crippen LogP contribution in [0.5, 0.6) is 0 Å². The van der Waals surface area contributed by atoms with Crippen LogP contribution in [0.4, 0.5) is 0 Å². The Kier molecular flexibility index (Phi) is 6.97. The van der Waals surface area contributed by atoms with E-state index in [2.05, 4.69) is 25.6 Å². The summed E-state index contributed by atoms with van der Waals surface area (Å²) in [6, 6.07) is 14.0. The van der Waals surface area contributed by atoms with E-state index in [1.165, 1.54) is 18.1 Å². The maximum Gasteiger partial charge on any atom is 0.0872 e. The van der Waals surface area contributed by atoms with Crippen LogP contribution in [-0.4, -0.2) is 6.61 Å². The Morgan fingerprint density at radius 3 is 2.56 bits per heavy atom. The molecule has 0 aliphatic rings. The monoisotopic (exact) mass is 262 g/mol. The predicted octanol–water partition coefficient (Wildman–Crippen LogP) is 5.44. The molecular weight excluding hydrogens is 244 g/mol. The first-order chi connectivity index (χ1) is 8.79. The molecular formula is C16H19ClO. The fourth-order valence-electron chi connectivity index (χ4n) is 1.50. The van der Waals surface area contributed by atoms with E-state index in [1.54, 1.807) is 0 Å². The van der Waals surface area contributed by atoms with E-state index in [0.717, 1.165) is 23.4 Å². The third kappa shape index (κ3) is 4.80. The van der Waals surface area contributed by atoms with Crippen molar-refractivity contribution in [2.24, 2.45) is 0 Å². The third-order valence-corrected chi connectivity index (χ3v) is 2.80.